The topological polar surface area (TPSA) is 112 Å². The molecule has 1 saturated heterocycles. The van der Waals surface area contributed by atoms with Gasteiger partial charge in [0.05, 0.1) is 36.7 Å². The Kier molecular flexibility index (Phi) is 16.1. The third kappa shape index (κ3) is 10.5. The molecule has 2 aliphatic heterocycles. The van der Waals surface area contributed by atoms with E-state index in [1.54, 1.807) is 11.8 Å². The van der Waals surface area contributed by atoms with Crippen molar-refractivity contribution in [3.05, 3.63) is 108 Å². The second-order valence-corrected chi connectivity index (χ2v) is 18.1. The summed E-state index contributed by atoms with van der Waals surface area (Å²) < 4.78 is 26.9. The molecule has 312 valence electrons. The summed E-state index contributed by atoms with van der Waals surface area (Å²) >= 11 is 3.66. The maximum atomic E-state index is 9.95. The van der Waals surface area contributed by atoms with Crippen LogP contribution in [0.3, 0.4) is 0 Å². The predicted octanol–water partition coefficient (Wildman–Crippen LogP) is 9.39. The molecule has 2 N–H and O–H groups in total. The Labute approximate surface area is 353 Å². The zero-order valence-electron chi connectivity index (χ0n) is 33.6. The van der Waals surface area contributed by atoms with Crippen molar-refractivity contribution >= 4 is 29.2 Å². The fourth-order valence-corrected chi connectivity index (χ4v) is 11.3. The van der Waals surface area contributed by atoms with Gasteiger partial charge in [-0.2, -0.15) is 11.8 Å². The van der Waals surface area contributed by atoms with Gasteiger partial charge in [-0.1, -0.05) is 48.3 Å². The van der Waals surface area contributed by atoms with Crippen LogP contribution in [-0.2, 0) is 20.7 Å². The van der Waals surface area contributed by atoms with Gasteiger partial charge in [-0.25, -0.2) is 0 Å². The number of oxime groups is 1. The Balaban J connectivity index is 1.30. The smallest absolute Gasteiger partial charge is 0.230 e. The number of benzene rings is 2. The number of aromatic nitrogens is 1. The summed E-state index contributed by atoms with van der Waals surface area (Å²) in [4.78, 5) is 11.7. The summed E-state index contributed by atoms with van der Waals surface area (Å²) in [6.07, 6.45) is 17.2. The van der Waals surface area contributed by atoms with E-state index >= 15 is 0 Å². The van der Waals surface area contributed by atoms with Crippen molar-refractivity contribution in [1.29, 1.82) is 0 Å². The zero-order valence-corrected chi connectivity index (χ0v) is 35.3. The fourth-order valence-electron chi connectivity index (χ4n) is 9.19. The molecule has 58 heavy (non-hydrogen) atoms. The number of nitrogens with zero attached hydrogens (tertiary/aromatic N) is 2. The summed E-state index contributed by atoms with van der Waals surface area (Å²) in [5.41, 5.74) is 4.42. The number of unbranched alkanes of at least 4 members (excludes halogenated alkanes) is 2. The standard InChI is InChI=1S/C47H60N2O7S2/c1-2-26-54-47-43(58-29-21-34-19-22-48-23-20-34)33-41(49-56-44-16-8-11-27-53-44)39-31-35(12-6-9-24-50)38(15-7-10-25-51)45(46(39)47)40-32-36(17-18-42(40)55-47)52-28-30-57-37-13-4-3-5-14-37/h2-5,13-14,17-20,22-23,31-32,35,38,43-46,50-51H,1,6-12,15-16,21,24-30,33H2/t35-,38+,43-,44?,45+,46+,47+/m0/s1. The third-order valence-corrected chi connectivity index (χ3v) is 14.2. The van der Waals surface area contributed by atoms with Crippen LogP contribution in [0, 0.1) is 17.8 Å². The lowest BCUT2D eigenvalue weighted by atomic mass is 9.56. The first-order valence-electron chi connectivity index (χ1n) is 21.3. The van der Waals surface area contributed by atoms with Crippen LogP contribution < -0.4 is 9.47 Å². The lowest BCUT2D eigenvalue weighted by Gasteiger charge is -2.58. The molecule has 3 heterocycles. The molecule has 9 nitrogen and oxygen atoms in total. The van der Waals surface area contributed by atoms with E-state index in [0.29, 0.717) is 26.2 Å². The molecule has 3 aromatic rings. The number of allylic oxidation sites excluding steroid dienone is 1. The van der Waals surface area contributed by atoms with Crippen molar-refractivity contribution in [1.82, 2.24) is 4.98 Å². The van der Waals surface area contributed by atoms with Gasteiger partial charge in [0.15, 0.2) is 0 Å². The highest BCUT2D eigenvalue weighted by atomic mass is 32.2. The minimum Gasteiger partial charge on any atom is -0.493 e. The van der Waals surface area contributed by atoms with Crippen molar-refractivity contribution in [2.24, 2.45) is 22.9 Å². The molecule has 1 unspecified atom stereocenters. The molecule has 1 aromatic heterocycles. The maximum Gasteiger partial charge on any atom is 0.230 e. The summed E-state index contributed by atoms with van der Waals surface area (Å²) in [5.74, 6) is 2.57. The lowest BCUT2D eigenvalue weighted by molar-refractivity contribution is -0.223. The van der Waals surface area contributed by atoms with Gasteiger partial charge >= 0.3 is 0 Å². The van der Waals surface area contributed by atoms with Gasteiger partial charge in [0, 0.05) is 60.6 Å². The Hall–Kier alpha value is -3.32. The van der Waals surface area contributed by atoms with Gasteiger partial charge < -0.3 is 34.0 Å². The van der Waals surface area contributed by atoms with Crippen LogP contribution >= 0.6 is 23.5 Å². The van der Waals surface area contributed by atoms with Gasteiger partial charge in [-0.15, -0.1) is 18.3 Å². The molecule has 0 bridgehead atoms. The fraction of sp³-hybridized carbons (Fsp3) is 0.532. The predicted molar refractivity (Wildman–Crippen MR) is 233 cm³/mol. The number of hydrogen-bond acceptors (Lipinski definition) is 11. The number of aliphatic hydroxyl groups is 2. The second kappa shape index (κ2) is 21.8. The second-order valence-electron chi connectivity index (χ2n) is 15.6. The van der Waals surface area contributed by atoms with Crippen LogP contribution in [-0.4, -0.2) is 82.8 Å². The molecular formula is C47H60N2O7S2. The molecule has 2 aliphatic carbocycles. The summed E-state index contributed by atoms with van der Waals surface area (Å²) in [5, 5.41) is 24.7. The third-order valence-electron chi connectivity index (χ3n) is 11.9. The molecule has 0 spiro atoms. The number of aryl methyl sites for hydroxylation is 1. The van der Waals surface area contributed by atoms with E-state index in [2.05, 4.69) is 66.2 Å². The first-order chi connectivity index (χ1) is 28.6. The van der Waals surface area contributed by atoms with Crippen LogP contribution in [0.25, 0.3) is 0 Å². The highest BCUT2D eigenvalue weighted by molar-refractivity contribution is 8.00. The van der Waals surface area contributed by atoms with Crippen molar-refractivity contribution in [3.8, 4) is 11.5 Å². The van der Waals surface area contributed by atoms with Crippen LogP contribution in [0.2, 0.25) is 0 Å². The number of hydrogen-bond donors (Lipinski definition) is 2. The molecule has 4 aliphatic rings. The van der Waals surface area contributed by atoms with Gasteiger partial charge in [0.25, 0.3) is 0 Å². The highest BCUT2D eigenvalue weighted by Crippen LogP contribution is 2.62. The minimum atomic E-state index is -1.01. The normalized spacial score (nSPS) is 26.9. The zero-order chi connectivity index (χ0) is 40.0. The van der Waals surface area contributed by atoms with E-state index in [9.17, 15) is 10.2 Å². The first kappa shape index (κ1) is 42.8. The van der Waals surface area contributed by atoms with Gasteiger partial charge in [-0.05, 0) is 116 Å². The van der Waals surface area contributed by atoms with E-state index < -0.39 is 5.79 Å². The molecular weight excluding hydrogens is 769 g/mol. The van der Waals surface area contributed by atoms with E-state index in [1.807, 2.05) is 42.4 Å². The van der Waals surface area contributed by atoms with Gasteiger partial charge in [0.2, 0.25) is 12.1 Å². The average molecular weight is 829 g/mol. The Morgan fingerprint density at radius 3 is 2.57 bits per heavy atom. The summed E-state index contributed by atoms with van der Waals surface area (Å²) in [6.45, 7) is 5.99. The number of aliphatic hydroxyl groups excluding tert-OH is 2. The first-order valence-corrected chi connectivity index (χ1v) is 23.3. The summed E-state index contributed by atoms with van der Waals surface area (Å²) in [6, 6.07) is 20.9. The van der Waals surface area contributed by atoms with Gasteiger partial charge in [0.1, 0.15) is 11.5 Å². The van der Waals surface area contributed by atoms with Gasteiger partial charge in [-0.3, -0.25) is 4.98 Å². The number of ether oxygens (including phenoxy) is 4. The Morgan fingerprint density at radius 2 is 1.79 bits per heavy atom. The van der Waals surface area contributed by atoms with Crippen LogP contribution in [0.4, 0.5) is 0 Å². The van der Waals surface area contributed by atoms with Crippen LogP contribution in [0.15, 0.2) is 107 Å². The highest BCUT2D eigenvalue weighted by Gasteiger charge is 2.64. The summed E-state index contributed by atoms with van der Waals surface area (Å²) in [7, 11) is 0. The van der Waals surface area contributed by atoms with E-state index in [0.717, 1.165) is 104 Å². The monoisotopic (exact) mass is 828 g/mol. The average Bonchev–Trinajstić information content (AvgIpc) is 3.26. The molecule has 2 fully saturated rings. The van der Waals surface area contributed by atoms with Crippen molar-refractivity contribution in [2.45, 2.75) is 98.8 Å². The van der Waals surface area contributed by atoms with Crippen LogP contribution in [0.5, 0.6) is 11.5 Å². The van der Waals surface area contributed by atoms with E-state index in [4.69, 9.17) is 28.9 Å². The number of pyridine rings is 1. The number of rotatable bonds is 22. The van der Waals surface area contributed by atoms with E-state index in [1.165, 1.54) is 10.5 Å². The van der Waals surface area contributed by atoms with E-state index in [-0.39, 0.29) is 48.4 Å². The molecule has 1 saturated carbocycles. The van der Waals surface area contributed by atoms with Crippen molar-refractivity contribution in [3.63, 3.8) is 0 Å². The largest absolute Gasteiger partial charge is 0.493 e. The quantitative estimate of drug-likeness (QED) is 0.0440. The Morgan fingerprint density at radius 1 is 0.966 bits per heavy atom. The SMILES string of the molecule is C=CCO[C@@]12Oc3ccc(OCCSc4ccccc4)cc3[C@H]3[C@H](CCCCO)[C@@H](CCCCO)C=C(C(=NOC4CCCCO4)C[C@@H]1SCCc1ccncc1)[C@H]32. The lowest BCUT2D eigenvalue weighted by Crippen LogP contribution is -2.64. The molecule has 0 amide bonds. The molecule has 11 heteroatoms. The van der Waals surface area contributed by atoms with Crippen molar-refractivity contribution < 1.29 is 34.0 Å². The molecule has 2 aromatic carbocycles. The Bertz CT molecular complexity index is 1790. The number of fused-ring (bicyclic) bond motifs is 2. The molecule has 0 radical (unpaired) electrons. The van der Waals surface area contributed by atoms with Crippen LogP contribution in [0.1, 0.15) is 81.3 Å². The molecule has 7 atom stereocenters. The minimum absolute atomic E-state index is 0.00774. The van der Waals surface area contributed by atoms with Crippen molar-refractivity contribution in [2.75, 3.05) is 44.5 Å². The molecule has 7 rings (SSSR count). The number of thioether (sulfide) groups is 2. The maximum absolute atomic E-state index is 9.95.